The van der Waals surface area contributed by atoms with Crippen LogP contribution in [0.1, 0.15) is 48.9 Å². The average Bonchev–Trinajstić information content (AvgIpc) is 2.97. The number of hydrogen-bond acceptors (Lipinski definition) is 3. The fourth-order valence-electron chi connectivity index (χ4n) is 3.41. The Labute approximate surface area is 170 Å². The number of aromatic carboxylic acids is 1. The lowest BCUT2D eigenvalue weighted by Gasteiger charge is -2.10. The Hall–Kier alpha value is -3.15. The Morgan fingerprint density at radius 3 is 2.41 bits per heavy atom. The van der Waals surface area contributed by atoms with Crippen molar-refractivity contribution in [1.29, 1.82) is 0 Å². The Kier molecular flexibility index (Phi) is 6.32. The van der Waals surface area contributed by atoms with Crippen LogP contribution in [0.3, 0.4) is 0 Å². The van der Waals surface area contributed by atoms with Gasteiger partial charge in [-0.1, -0.05) is 63.2 Å². The van der Waals surface area contributed by atoms with E-state index in [4.69, 9.17) is 0 Å². The van der Waals surface area contributed by atoms with Crippen LogP contribution in [0.4, 0.5) is 0 Å². The zero-order valence-electron chi connectivity index (χ0n) is 17.1. The molecule has 0 saturated carbocycles. The lowest BCUT2D eigenvalue weighted by Crippen LogP contribution is -2.26. The van der Waals surface area contributed by atoms with Crippen molar-refractivity contribution >= 4 is 5.97 Å². The lowest BCUT2D eigenvalue weighted by molar-refractivity contribution is 0.0697. The number of hydrogen-bond donors (Lipinski definition) is 1. The smallest absolute Gasteiger partial charge is 0.346 e. The van der Waals surface area contributed by atoms with Gasteiger partial charge in [-0.05, 0) is 35.1 Å². The summed E-state index contributed by atoms with van der Waals surface area (Å²) in [4.78, 5) is 24.2. The van der Waals surface area contributed by atoms with Crippen LogP contribution in [-0.2, 0) is 19.5 Å². The van der Waals surface area contributed by atoms with Crippen molar-refractivity contribution in [3.8, 4) is 11.1 Å². The Morgan fingerprint density at radius 2 is 1.79 bits per heavy atom. The minimum absolute atomic E-state index is 0.0807. The number of aryl methyl sites for hydroxylation is 1. The largest absolute Gasteiger partial charge is 0.478 e. The highest BCUT2D eigenvalue weighted by Gasteiger charge is 2.15. The summed E-state index contributed by atoms with van der Waals surface area (Å²) in [6.07, 6.45) is 1.60. The van der Waals surface area contributed by atoms with Crippen LogP contribution in [0.5, 0.6) is 0 Å². The number of rotatable bonds is 8. The monoisotopic (exact) mass is 393 g/mol. The second-order valence-electron chi connectivity index (χ2n) is 7.65. The molecule has 0 aliphatic rings. The Balaban J connectivity index is 1.91. The number of carbonyl (C=O) groups is 1. The molecule has 0 aliphatic carbocycles. The number of nitrogens with zero attached hydrogens (tertiary/aromatic N) is 3. The van der Waals surface area contributed by atoms with Crippen molar-refractivity contribution in [2.45, 2.75) is 46.7 Å². The molecule has 1 aromatic heterocycles. The van der Waals surface area contributed by atoms with Crippen LogP contribution in [0, 0.1) is 5.92 Å². The first-order valence-corrected chi connectivity index (χ1v) is 9.98. The van der Waals surface area contributed by atoms with Gasteiger partial charge in [0.15, 0.2) is 0 Å². The van der Waals surface area contributed by atoms with Gasteiger partial charge in [0.1, 0.15) is 5.82 Å². The summed E-state index contributed by atoms with van der Waals surface area (Å²) in [5.74, 6) is 0.261. The van der Waals surface area contributed by atoms with E-state index < -0.39 is 5.97 Å². The lowest BCUT2D eigenvalue weighted by atomic mass is 9.99. The van der Waals surface area contributed by atoms with Gasteiger partial charge in [-0.25, -0.2) is 14.3 Å². The van der Waals surface area contributed by atoms with E-state index in [1.807, 2.05) is 37.3 Å². The Bertz CT molecular complexity index is 1050. The van der Waals surface area contributed by atoms with Gasteiger partial charge in [-0.3, -0.25) is 4.57 Å². The van der Waals surface area contributed by atoms with Crippen molar-refractivity contribution in [2.24, 2.45) is 5.92 Å². The van der Waals surface area contributed by atoms with Gasteiger partial charge in [0.25, 0.3) is 0 Å². The predicted octanol–water partition coefficient (Wildman–Crippen LogP) is 4.07. The molecule has 0 unspecified atom stereocenters. The third kappa shape index (κ3) is 4.65. The van der Waals surface area contributed by atoms with Crippen LogP contribution < -0.4 is 5.69 Å². The summed E-state index contributed by atoms with van der Waals surface area (Å²) >= 11 is 0. The molecule has 0 aliphatic heterocycles. The second-order valence-corrected chi connectivity index (χ2v) is 7.65. The zero-order chi connectivity index (χ0) is 21.0. The standard InChI is InChI=1S/C23H27N3O3/c1-4-13-26-23(29)25(21(24-26)14-16(2)3)15-17-9-11-18(12-10-17)19-7-5-6-8-20(19)22(27)28/h5-12,16H,4,13-15H2,1-3H3,(H,27,28). The molecule has 1 N–H and O–H groups in total. The van der Waals surface area contributed by atoms with Gasteiger partial charge in [-0.2, -0.15) is 5.10 Å². The highest BCUT2D eigenvalue weighted by atomic mass is 16.4. The maximum Gasteiger partial charge on any atom is 0.346 e. The molecule has 0 amide bonds. The SMILES string of the molecule is CCCn1nc(CC(C)C)n(Cc2ccc(-c3ccccc3C(=O)O)cc2)c1=O. The molecule has 29 heavy (non-hydrogen) atoms. The van der Waals surface area contributed by atoms with E-state index in [0.717, 1.165) is 29.8 Å². The molecule has 1 heterocycles. The molecule has 3 rings (SSSR count). The van der Waals surface area contributed by atoms with Crippen LogP contribution >= 0.6 is 0 Å². The van der Waals surface area contributed by atoms with Gasteiger partial charge in [-0.15, -0.1) is 0 Å². The molecule has 0 radical (unpaired) electrons. The van der Waals surface area contributed by atoms with E-state index in [1.54, 1.807) is 27.4 Å². The highest BCUT2D eigenvalue weighted by Crippen LogP contribution is 2.24. The summed E-state index contributed by atoms with van der Waals surface area (Å²) < 4.78 is 3.30. The van der Waals surface area contributed by atoms with Gasteiger partial charge in [0.05, 0.1) is 12.1 Å². The molecular formula is C23H27N3O3. The molecule has 6 heteroatoms. The van der Waals surface area contributed by atoms with E-state index in [-0.39, 0.29) is 11.3 Å². The summed E-state index contributed by atoms with van der Waals surface area (Å²) in [5.41, 5.74) is 2.69. The van der Waals surface area contributed by atoms with Gasteiger partial charge in [0, 0.05) is 13.0 Å². The molecular weight excluding hydrogens is 366 g/mol. The van der Waals surface area contributed by atoms with E-state index in [2.05, 4.69) is 18.9 Å². The topological polar surface area (TPSA) is 77.1 Å². The van der Waals surface area contributed by atoms with Crippen LogP contribution in [-0.4, -0.2) is 25.4 Å². The minimum Gasteiger partial charge on any atom is -0.478 e. The van der Waals surface area contributed by atoms with Crippen LogP contribution in [0.2, 0.25) is 0 Å². The normalized spacial score (nSPS) is 11.2. The molecule has 0 atom stereocenters. The highest BCUT2D eigenvalue weighted by molar-refractivity contribution is 5.95. The molecule has 0 bridgehead atoms. The van der Waals surface area contributed by atoms with Gasteiger partial charge in [0.2, 0.25) is 0 Å². The van der Waals surface area contributed by atoms with E-state index in [0.29, 0.717) is 24.6 Å². The molecule has 3 aromatic rings. The first-order valence-electron chi connectivity index (χ1n) is 9.98. The Morgan fingerprint density at radius 1 is 1.10 bits per heavy atom. The van der Waals surface area contributed by atoms with Crippen molar-refractivity contribution in [3.63, 3.8) is 0 Å². The zero-order valence-corrected chi connectivity index (χ0v) is 17.1. The fraction of sp³-hybridized carbons (Fsp3) is 0.348. The quantitative estimate of drug-likeness (QED) is 0.626. The van der Waals surface area contributed by atoms with Crippen molar-refractivity contribution in [2.75, 3.05) is 0 Å². The van der Waals surface area contributed by atoms with Gasteiger partial charge < -0.3 is 5.11 Å². The van der Waals surface area contributed by atoms with Crippen LogP contribution in [0.15, 0.2) is 53.3 Å². The number of benzene rings is 2. The predicted molar refractivity (Wildman–Crippen MR) is 113 cm³/mol. The molecule has 6 nitrogen and oxygen atoms in total. The number of carboxylic acid groups (broad SMARTS) is 1. The number of carboxylic acids is 1. The average molecular weight is 393 g/mol. The van der Waals surface area contributed by atoms with E-state index in [9.17, 15) is 14.7 Å². The molecule has 152 valence electrons. The van der Waals surface area contributed by atoms with Crippen molar-refractivity contribution in [1.82, 2.24) is 14.3 Å². The van der Waals surface area contributed by atoms with Crippen molar-refractivity contribution < 1.29 is 9.90 Å². The molecule has 0 fully saturated rings. The minimum atomic E-state index is -0.946. The second kappa shape index (κ2) is 8.90. The summed E-state index contributed by atoms with van der Waals surface area (Å²) in [6, 6.07) is 14.6. The maximum absolute atomic E-state index is 12.8. The molecule has 0 spiro atoms. The van der Waals surface area contributed by atoms with Gasteiger partial charge >= 0.3 is 11.7 Å². The first-order chi connectivity index (χ1) is 13.9. The summed E-state index contributed by atoms with van der Waals surface area (Å²) in [6.45, 7) is 7.32. The molecule has 0 saturated heterocycles. The van der Waals surface area contributed by atoms with E-state index >= 15 is 0 Å². The van der Waals surface area contributed by atoms with E-state index in [1.165, 1.54) is 0 Å². The third-order valence-electron chi connectivity index (χ3n) is 4.79. The maximum atomic E-state index is 12.8. The fourth-order valence-corrected chi connectivity index (χ4v) is 3.41. The summed E-state index contributed by atoms with van der Waals surface area (Å²) in [5, 5.41) is 13.9. The first kappa shape index (κ1) is 20.6. The van der Waals surface area contributed by atoms with Crippen molar-refractivity contribution in [3.05, 3.63) is 76.0 Å². The number of aromatic nitrogens is 3. The summed E-state index contributed by atoms with van der Waals surface area (Å²) in [7, 11) is 0. The third-order valence-corrected chi connectivity index (χ3v) is 4.79. The molecule has 2 aromatic carbocycles. The van der Waals surface area contributed by atoms with Crippen LogP contribution in [0.25, 0.3) is 11.1 Å².